The topological polar surface area (TPSA) is 45.5 Å². The second-order valence-electron chi connectivity index (χ2n) is 5.02. The molecule has 2 aliphatic rings. The highest BCUT2D eigenvalue weighted by Gasteiger charge is 2.30. The zero-order chi connectivity index (χ0) is 13.9. The Morgan fingerprint density at radius 2 is 1.90 bits per heavy atom. The molecular formula is C15H15FN2O2. The van der Waals surface area contributed by atoms with Crippen LogP contribution in [0.3, 0.4) is 0 Å². The third-order valence-corrected chi connectivity index (χ3v) is 3.82. The fourth-order valence-electron chi connectivity index (χ4n) is 2.72. The van der Waals surface area contributed by atoms with Crippen LogP contribution in [-0.4, -0.2) is 19.4 Å². The highest BCUT2D eigenvalue weighted by atomic mass is 19.1. The summed E-state index contributed by atoms with van der Waals surface area (Å²) in [6, 6.07) is 6.56. The lowest BCUT2D eigenvalue weighted by molar-refractivity contribution is -0.0728. The summed E-state index contributed by atoms with van der Waals surface area (Å²) in [5, 5.41) is 8.76. The van der Waals surface area contributed by atoms with E-state index in [2.05, 4.69) is 0 Å². The van der Waals surface area contributed by atoms with E-state index < -0.39 is 0 Å². The van der Waals surface area contributed by atoms with Crippen molar-refractivity contribution >= 4 is 5.69 Å². The first-order chi connectivity index (χ1) is 9.78. The molecule has 4 nitrogen and oxygen atoms in total. The van der Waals surface area contributed by atoms with Gasteiger partial charge in [0.25, 0.3) is 0 Å². The standard InChI is InChI=1S/C15H15FN2O2/c16-13-9-11(10-17)1-2-14(13)18-5-3-12(4-6-18)15-19-7-8-20-15/h1-2,7-9,12,15H,3-6H2. The van der Waals surface area contributed by atoms with E-state index in [4.69, 9.17) is 14.7 Å². The molecule has 0 saturated carbocycles. The number of nitriles is 1. The second-order valence-corrected chi connectivity index (χ2v) is 5.02. The van der Waals surface area contributed by atoms with E-state index in [-0.39, 0.29) is 12.1 Å². The molecule has 0 N–H and O–H groups in total. The highest BCUT2D eigenvalue weighted by Crippen LogP contribution is 2.30. The first-order valence-corrected chi connectivity index (χ1v) is 6.68. The van der Waals surface area contributed by atoms with Crippen LogP contribution in [-0.2, 0) is 9.47 Å². The maximum absolute atomic E-state index is 14.0. The molecule has 0 spiro atoms. The van der Waals surface area contributed by atoms with Gasteiger partial charge in [0.15, 0.2) is 0 Å². The average Bonchev–Trinajstić information content (AvgIpc) is 3.01. The van der Waals surface area contributed by atoms with Crippen LogP contribution < -0.4 is 4.90 Å². The molecule has 0 aromatic heterocycles. The molecule has 1 saturated heterocycles. The van der Waals surface area contributed by atoms with E-state index in [0.29, 0.717) is 17.2 Å². The van der Waals surface area contributed by atoms with E-state index >= 15 is 0 Å². The van der Waals surface area contributed by atoms with Crippen molar-refractivity contribution in [3.05, 3.63) is 42.1 Å². The molecule has 104 valence electrons. The zero-order valence-electron chi connectivity index (χ0n) is 11.0. The van der Waals surface area contributed by atoms with Crippen LogP contribution in [0.4, 0.5) is 10.1 Å². The minimum Gasteiger partial charge on any atom is -0.459 e. The molecule has 2 heterocycles. The Morgan fingerprint density at radius 1 is 1.20 bits per heavy atom. The molecule has 0 aliphatic carbocycles. The van der Waals surface area contributed by atoms with Gasteiger partial charge in [-0.1, -0.05) is 0 Å². The molecule has 1 aromatic rings. The summed E-state index contributed by atoms with van der Waals surface area (Å²) in [7, 11) is 0. The Bertz CT molecular complexity index is 551. The van der Waals surface area contributed by atoms with Gasteiger partial charge in [0.05, 0.1) is 17.3 Å². The summed E-state index contributed by atoms with van der Waals surface area (Å²) in [6.07, 6.45) is 4.73. The summed E-state index contributed by atoms with van der Waals surface area (Å²) in [5.74, 6) is 0.000209. The fourth-order valence-corrected chi connectivity index (χ4v) is 2.72. The first kappa shape index (κ1) is 12.8. The van der Waals surface area contributed by atoms with Gasteiger partial charge < -0.3 is 14.4 Å². The molecule has 0 radical (unpaired) electrons. The van der Waals surface area contributed by atoms with Crippen LogP contribution in [0, 0.1) is 23.1 Å². The summed E-state index contributed by atoms with van der Waals surface area (Å²) in [5.41, 5.74) is 0.911. The van der Waals surface area contributed by atoms with Crippen molar-refractivity contribution in [2.75, 3.05) is 18.0 Å². The van der Waals surface area contributed by atoms with Crippen LogP contribution in [0.5, 0.6) is 0 Å². The van der Waals surface area contributed by atoms with Crippen molar-refractivity contribution in [1.29, 1.82) is 5.26 Å². The fraction of sp³-hybridized carbons (Fsp3) is 0.400. The third-order valence-electron chi connectivity index (χ3n) is 3.82. The van der Waals surface area contributed by atoms with Gasteiger partial charge in [-0.15, -0.1) is 0 Å². The number of hydrogen-bond acceptors (Lipinski definition) is 4. The Labute approximate surface area is 117 Å². The van der Waals surface area contributed by atoms with Gasteiger partial charge in [-0.3, -0.25) is 0 Å². The number of anilines is 1. The number of nitrogens with zero attached hydrogens (tertiary/aromatic N) is 2. The van der Waals surface area contributed by atoms with Gasteiger partial charge >= 0.3 is 0 Å². The molecule has 5 heteroatoms. The number of hydrogen-bond donors (Lipinski definition) is 0. The van der Waals surface area contributed by atoms with E-state index in [1.807, 2.05) is 11.0 Å². The zero-order valence-corrected chi connectivity index (χ0v) is 11.0. The molecule has 2 aliphatic heterocycles. The molecule has 3 rings (SSSR count). The summed E-state index contributed by atoms with van der Waals surface area (Å²) < 4.78 is 24.7. The van der Waals surface area contributed by atoms with Crippen molar-refractivity contribution in [3.63, 3.8) is 0 Å². The molecule has 0 unspecified atom stereocenters. The molecule has 1 aromatic carbocycles. The lowest BCUT2D eigenvalue weighted by Gasteiger charge is -2.35. The Kier molecular flexibility index (Phi) is 3.46. The molecule has 1 fully saturated rings. The maximum atomic E-state index is 14.0. The van der Waals surface area contributed by atoms with Crippen LogP contribution in [0.2, 0.25) is 0 Å². The minimum atomic E-state index is -0.336. The van der Waals surface area contributed by atoms with Crippen LogP contribution in [0.1, 0.15) is 18.4 Å². The van der Waals surface area contributed by atoms with Crippen LogP contribution >= 0.6 is 0 Å². The van der Waals surface area contributed by atoms with Gasteiger partial charge in [0.2, 0.25) is 6.29 Å². The summed E-state index contributed by atoms with van der Waals surface area (Å²) in [6.45, 7) is 1.52. The Balaban J connectivity index is 1.64. The smallest absolute Gasteiger partial charge is 0.242 e. The predicted octanol–water partition coefficient (Wildman–Crippen LogP) is 2.76. The molecule has 20 heavy (non-hydrogen) atoms. The van der Waals surface area contributed by atoms with Crippen LogP contribution in [0.15, 0.2) is 30.7 Å². The van der Waals surface area contributed by atoms with Gasteiger partial charge in [0.1, 0.15) is 18.3 Å². The summed E-state index contributed by atoms with van der Waals surface area (Å²) in [4.78, 5) is 2.01. The van der Waals surface area contributed by atoms with E-state index in [9.17, 15) is 4.39 Å². The van der Waals surface area contributed by atoms with Gasteiger partial charge in [0, 0.05) is 19.0 Å². The van der Waals surface area contributed by atoms with E-state index in [0.717, 1.165) is 25.9 Å². The number of piperidine rings is 1. The SMILES string of the molecule is N#Cc1ccc(N2CCC(C3OC=CO3)CC2)c(F)c1. The lowest BCUT2D eigenvalue weighted by atomic mass is 9.95. The van der Waals surface area contributed by atoms with Crippen molar-refractivity contribution in [2.24, 2.45) is 5.92 Å². The van der Waals surface area contributed by atoms with Gasteiger partial charge in [-0.25, -0.2) is 4.39 Å². The van der Waals surface area contributed by atoms with Crippen molar-refractivity contribution < 1.29 is 13.9 Å². The van der Waals surface area contributed by atoms with Gasteiger partial charge in [-0.2, -0.15) is 5.26 Å². The normalized spacial score (nSPS) is 19.5. The van der Waals surface area contributed by atoms with Crippen molar-refractivity contribution in [1.82, 2.24) is 0 Å². The molecule has 0 bridgehead atoms. The Morgan fingerprint density at radius 3 is 2.50 bits per heavy atom. The van der Waals surface area contributed by atoms with Crippen LogP contribution in [0.25, 0.3) is 0 Å². The number of rotatable bonds is 2. The van der Waals surface area contributed by atoms with Gasteiger partial charge in [-0.05, 0) is 31.0 Å². The third kappa shape index (κ3) is 2.42. The van der Waals surface area contributed by atoms with Crippen molar-refractivity contribution in [3.8, 4) is 6.07 Å². The van der Waals surface area contributed by atoms with E-state index in [1.165, 1.54) is 6.07 Å². The number of ether oxygens (including phenoxy) is 2. The number of halogens is 1. The van der Waals surface area contributed by atoms with E-state index in [1.54, 1.807) is 24.7 Å². The minimum absolute atomic E-state index is 0.192. The summed E-state index contributed by atoms with van der Waals surface area (Å²) >= 11 is 0. The Hall–Kier alpha value is -2.22. The average molecular weight is 274 g/mol. The second kappa shape index (κ2) is 5.41. The van der Waals surface area contributed by atoms with Crippen molar-refractivity contribution in [2.45, 2.75) is 19.1 Å². The molecular weight excluding hydrogens is 259 g/mol. The molecule has 0 amide bonds. The number of benzene rings is 1. The predicted molar refractivity (Wildman–Crippen MR) is 71.2 cm³/mol. The largest absolute Gasteiger partial charge is 0.459 e. The lowest BCUT2D eigenvalue weighted by Crippen LogP contribution is -2.38. The molecule has 0 atom stereocenters. The quantitative estimate of drug-likeness (QED) is 0.832. The monoisotopic (exact) mass is 274 g/mol. The maximum Gasteiger partial charge on any atom is 0.242 e. The first-order valence-electron chi connectivity index (χ1n) is 6.68. The highest BCUT2D eigenvalue weighted by molar-refractivity contribution is 5.51.